The van der Waals surface area contributed by atoms with Gasteiger partial charge in [-0.1, -0.05) is 44.2 Å². The quantitative estimate of drug-likeness (QED) is 0.159. The Labute approximate surface area is 226 Å². The molecular weight excluding hydrogens is 494 g/mol. The van der Waals surface area contributed by atoms with Crippen LogP contribution in [0, 0.1) is 0 Å². The molecule has 39 heavy (non-hydrogen) atoms. The highest BCUT2D eigenvalue weighted by molar-refractivity contribution is 6.31. The number of benzene rings is 2. The molecule has 4 amide bonds. The van der Waals surface area contributed by atoms with Gasteiger partial charge in [0.25, 0.3) is 11.8 Å². The van der Waals surface area contributed by atoms with Crippen LogP contribution in [0.2, 0.25) is 0 Å². The normalized spacial score (nSPS) is 15.7. The van der Waals surface area contributed by atoms with Crippen molar-refractivity contribution >= 4 is 34.8 Å². The van der Waals surface area contributed by atoms with Gasteiger partial charge in [0.15, 0.2) is 0 Å². The van der Waals surface area contributed by atoms with Gasteiger partial charge >= 0.3 is 6.03 Å². The third-order valence-corrected chi connectivity index (χ3v) is 7.07. The first-order valence-electron chi connectivity index (χ1n) is 13.2. The summed E-state index contributed by atoms with van der Waals surface area (Å²) in [6.07, 6.45) is 6.81. The molecule has 200 valence electrons. The Morgan fingerprint density at radius 2 is 1.82 bits per heavy atom. The van der Waals surface area contributed by atoms with Crippen molar-refractivity contribution in [2.24, 2.45) is 0 Å². The fourth-order valence-corrected chi connectivity index (χ4v) is 4.68. The van der Waals surface area contributed by atoms with Crippen LogP contribution in [0.4, 0.5) is 4.79 Å². The molecule has 4 aromatic rings. The van der Waals surface area contributed by atoms with E-state index in [0.29, 0.717) is 24.8 Å². The van der Waals surface area contributed by atoms with E-state index in [1.165, 1.54) is 11.8 Å². The van der Waals surface area contributed by atoms with Crippen LogP contribution in [0.5, 0.6) is 5.75 Å². The van der Waals surface area contributed by atoms with Crippen molar-refractivity contribution in [1.82, 2.24) is 14.8 Å². The van der Waals surface area contributed by atoms with Crippen molar-refractivity contribution in [3.63, 3.8) is 0 Å². The van der Waals surface area contributed by atoms with Gasteiger partial charge in [0.1, 0.15) is 17.1 Å². The Bertz CT molecular complexity index is 1520. The van der Waals surface area contributed by atoms with E-state index in [0.717, 1.165) is 40.0 Å². The smallest absolute Gasteiger partial charge is 0.331 e. The average molecular weight is 526 g/mol. The number of rotatable bonds is 10. The topological polar surface area (TPSA) is 93.8 Å². The van der Waals surface area contributed by atoms with Gasteiger partial charge in [0.05, 0.1) is 19.4 Å². The molecule has 1 aliphatic heterocycles. The third-order valence-electron chi connectivity index (χ3n) is 7.07. The van der Waals surface area contributed by atoms with Gasteiger partial charge in [-0.05, 0) is 60.7 Å². The lowest BCUT2D eigenvalue weighted by molar-refractivity contribution is -0.130. The number of imide groups is 2. The minimum absolute atomic E-state index is 0.0651. The van der Waals surface area contributed by atoms with E-state index in [4.69, 9.17) is 9.15 Å². The highest BCUT2D eigenvalue weighted by Crippen LogP contribution is 2.26. The molecule has 2 aromatic heterocycles. The molecule has 3 heterocycles. The van der Waals surface area contributed by atoms with Crippen molar-refractivity contribution in [2.45, 2.75) is 45.7 Å². The minimum atomic E-state index is -0.768. The Morgan fingerprint density at radius 3 is 2.56 bits per heavy atom. The molecule has 0 spiro atoms. The minimum Gasteiger partial charge on any atom is -0.494 e. The maximum atomic E-state index is 13.2. The van der Waals surface area contributed by atoms with E-state index in [1.54, 1.807) is 18.2 Å². The summed E-state index contributed by atoms with van der Waals surface area (Å²) in [5.41, 5.74) is 2.91. The molecule has 0 radical (unpaired) electrons. The third kappa shape index (κ3) is 5.65. The Balaban J connectivity index is 1.30. The summed E-state index contributed by atoms with van der Waals surface area (Å²) in [4.78, 5) is 39.1. The first-order chi connectivity index (χ1) is 18.9. The number of hydrogen-bond acceptors (Lipinski definition) is 5. The number of aryl methyl sites for hydroxylation is 1. The first-order valence-corrected chi connectivity index (χ1v) is 13.2. The SMILES string of the molecule is CC[C@@H](C)c1ccc(OCCCn2cc(/C=C3\C(=O)NC(=O)N(Cc4ccco4)C3=O)c3ccccc32)cc1. The summed E-state index contributed by atoms with van der Waals surface area (Å²) >= 11 is 0. The zero-order chi connectivity index (χ0) is 27.4. The summed E-state index contributed by atoms with van der Waals surface area (Å²) in [5.74, 6) is 0.438. The second-order valence-electron chi connectivity index (χ2n) is 9.66. The molecular formula is C31H31N3O5. The molecule has 0 bridgehead atoms. The molecule has 5 rings (SSSR count). The highest BCUT2D eigenvalue weighted by atomic mass is 16.5. The Morgan fingerprint density at radius 1 is 1.03 bits per heavy atom. The van der Waals surface area contributed by atoms with Crippen molar-refractivity contribution in [2.75, 3.05) is 6.61 Å². The molecule has 1 fully saturated rings. The van der Waals surface area contributed by atoms with Gasteiger partial charge in [-0.25, -0.2) is 4.79 Å². The lowest BCUT2D eigenvalue weighted by Crippen LogP contribution is -2.53. The zero-order valence-corrected chi connectivity index (χ0v) is 22.1. The van der Waals surface area contributed by atoms with Gasteiger partial charge in [-0.2, -0.15) is 0 Å². The molecule has 1 N–H and O–H groups in total. The van der Waals surface area contributed by atoms with Crippen molar-refractivity contribution in [3.8, 4) is 5.75 Å². The number of fused-ring (bicyclic) bond motifs is 1. The number of para-hydroxylation sites is 1. The zero-order valence-electron chi connectivity index (χ0n) is 22.1. The van der Waals surface area contributed by atoms with E-state index >= 15 is 0 Å². The number of carbonyl (C=O) groups excluding carboxylic acids is 3. The average Bonchev–Trinajstić information content (AvgIpc) is 3.59. The predicted octanol–water partition coefficient (Wildman–Crippen LogP) is 5.88. The Kier molecular flexibility index (Phi) is 7.63. The summed E-state index contributed by atoms with van der Waals surface area (Å²) in [6, 6.07) is 18.7. The van der Waals surface area contributed by atoms with Gasteiger partial charge in [0.2, 0.25) is 0 Å². The number of carbonyl (C=O) groups is 3. The van der Waals surface area contributed by atoms with Gasteiger partial charge in [-0.3, -0.25) is 19.8 Å². The summed E-state index contributed by atoms with van der Waals surface area (Å²) in [6.45, 7) is 5.58. The predicted molar refractivity (Wildman–Crippen MR) is 148 cm³/mol. The van der Waals surface area contributed by atoms with Crippen LogP contribution < -0.4 is 10.1 Å². The number of aromatic nitrogens is 1. The summed E-state index contributed by atoms with van der Waals surface area (Å²) < 4.78 is 13.3. The van der Waals surface area contributed by atoms with E-state index < -0.39 is 17.8 Å². The fourth-order valence-electron chi connectivity index (χ4n) is 4.68. The van der Waals surface area contributed by atoms with Gasteiger partial charge < -0.3 is 13.7 Å². The number of furan rings is 1. The lowest BCUT2D eigenvalue weighted by Gasteiger charge is -2.25. The molecule has 1 atom stereocenters. The second-order valence-corrected chi connectivity index (χ2v) is 9.66. The Hall–Kier alpha value is -4.59. The molecule has 0 aliphatic carbocycles. The maximum absolute atomic E-state index is 13.2. The summed E-state index contributed by atoms with van der Waals surface area (Å²) in [7, 11) is 0. The van der Waals surface area contributed by atoms with Crippen LogP contribution in [0.3, 0.4) is 0 Å². The fraction of sp³-hybridized carbons (Fsp3) is 0.258. The lowest BCUT2D eigenvalue weighted by atomic mass is 9.99. The van der Waals surface area contributed by atoms with Crippen LogP contribution in [-0.2, 0) is 22.7 Å². The highest BCUT2D eigenvalue weighted by Gasteiger charge is 2.36. The van der Waals surface area contributed by atoms with Crippen molar-refractivity contribution < 1.29 is 23.5 Å². The molecule has 2 aromatic carbocycles. The monoisotopic (exact) mass is 525 g/mol. The first kappa shape index (κ1) is 26.0. The maximum Gasteiger partial charge on any atom is 0.331 e. The number of nitrogens with one attached hydrogen (secondary N) is 1. The van der Waals surface area contributed by atoms with Crippen LogP contribution in [0.15, 0.2) is 83.1 Å². The van der Waals surface area contributed by atoms with Gasteiger partial charge in [-0.15, -0.1) is 0 Å². The van der Waals surface area contributed by atoms with Crippen LogP contribution in [0.25, 0.3) is 17.0 Å². The number of amides is 4. The number of barbiturate groups is 1. The van der Waals surface area contributed by atoms with E-state index in [9.17, 15) is 14.4 Å². The molecule has 8 heteroatoms. The van der Waals surface area contributed by atoms with E-state index in [2.05, 4.69) is 35.9 Å². The second kappa shape index (κ2) is 11.4. The molecule has 1 saturated heterocycles. The van der Waals surface area contributed by atoms with Crippen molar-refractivity contribution in [3.05, 3.63) is 95.6 Å². The number of urea groups is 1. The standard InChI is InChI=1S/C31H31N3O5/c1-3-21(2)22-11-13-24(14-12-22)38-17-7-15-33-19-23(26-9-4-5-10-28(26)33)18-27-29(35)32-31(37)34(30(27)36)20-25-8-6-16-39-25/h4-6,8-14,16,18-19,21H,3,7,15,17,20H2,1-2H3,(H,32,35,37)/b27-18+/t21-/m1/s1. The van der Waals surface area contributed by atoms with Crippen LogP contribution >= 0.6 is 0 Å². The number of ether oxygens (including phenoxy) is 1. The largest absolute Gasteiger partial charge is 0.494 e. The molecule has 0 saturated carbocycles. The van der Waals surface area contributed by atoms with E-state index in [-0.39, 0.29) is 12.1 Å². The van der Waals surface area contributed by atoms with E-state index in [1.807, 2.05) is 42.6 Å². The van der Waals surface area contributed by atoms with Crippen molar-refractivity contribution in [1.29, 1.82) is 0 Å². The molecule has 8 nitrogen and oxygen atoms in total. The molecule has 1 aliphatic rings. The number of nitrogens with zero attached hydrogens (tertiary/aromatic N) is 2. The molecule has 0 unspecified atom stereocenters. The van der Waals surface area contributed by atoms with Gasteiger partial charge in [0, 0.05) is 29.2 Å². The summed E-state index contributed by atoms with van der Waals surface area (Å²) in [5, 5.41) is 3.17. The van der Waals surface area contributed by atoms with Crippen LogP contribution in [0.1, 0.15) is 49.5 Å². The number of hydrogen-bond donors (Lipinski definition) is 1. The van der Waals surface area contributed by atoms with Crippen LogP contribution in [-0.4, -0.2) is 33.9 Å².